The number of nitrogens with zero attached hydrogens (tertiary/aromatic N) is 3. The molecular formula is C19H19N5O2. The zero-order valence-electron chi connectivity index (χ0n) is 14.4. The van der Waals surface area contributed by atoms with Gasteiger partial charge in [-0.2, -0.15) is 5.10 Å². The van der Waals surface area contributed by atoms with E-state index in [2.05, 4.69) is 20.4 Å². The zero-order chi connectivity index (χ0) is 18.1. The molecule has 132 valence electrons. The molecule has 3 aromatic rings. The Morgan fingerprint density at radius 3 is 2.81 bits per heavy atom. The fourth-order valence-electron chi connectivity index (χ4n) is 3.30. The summed E-state index contributed by atoms with van der Waals surface area (Å²) in [4.78, 5) is 31.5. The van der Waals surface area contributed by atoms with Crippen LogP contribution in [0.25, 0.3) is 5.69 Å². The minimum Gasteiger partial charge on any atom is -0.345 e. The van der Waals surface area contributed by atoms with Gasteiger partial charge in [0.1, 0.15) is 18.2 Å². The van der Waals surface area contributed by atoms with Crippen LogP contribution in [0.5, 0.6) is 0 Å². The molecule has 4 rings (SSSR count). The van der Waals surface area contributed by atoms with Gasteiger partial charge in [0, 0.05) is 5.69 Å². The van der Waals surface area contributed by atoms with Crippen LogP contribution >= 0.6 is 0 Å². The van der Waals surface area contributed by atoms with E-state index in [-0.39, 0.29) is 23.1 Å². The molecule has 1 aliphatic rings. The maximum atomic E-state index is 12.5. The van der Waals surface area contributed by atoms with E-state index in [1.807, 2.05) is 31.2 Å². The first-order valence-corrected chi connectivity index (χ1v) is 8.63. The number of rotatable bonds is 4. The van der Waals surface area contributed by atoms with Gasteiger partial charge in [0.05, 0.1) is 11.7 Å². The third-order valence-electron chi connectivity index (χ3n) is 4.76. The summed E-state index contributed by atoms with van der Waals surface area (Å²) in [5, 5.41) is 6.99. The molecule has 0 saturated heterocycles. The molecule has 0 unspecified atom stereocenters. The molecule has 2 N–H and O–H groups in total. The number of carbonyl (C=O) groups is 1. The maximum Gasteiger partial charge on any atom is 0.261 e. The number of aromatic nitrogens is 4. The lowest BCUT2D eigenvalue weighted by molar-refractivity contribution is 0.0938. The summed E-state index contributed by atoms with van der Waals surface area (Å²) in [6, 6.07) is 9.19. The van der Waals surface area contributed by atoms with Crippen LogP contribution < -0.4 is 10.9 Å². The highest BCUT2D eigenvalue weighted by molar-refractivity contribution is 5.94. The molecule has 7 nitrogen and oxygen atoms in total. The number of aryl methyl sites for hydroxylation is 2. The van der Waals surface area contributed by atoms with Gasteiger partial charge < -0.3 is 10.3 Å². The first kappa shape index (κ1) is 16.3. The minimum atomic E-state index is -0.353. The summed E-state index contributed by atoms with van der Waals surface area (Å²) in [6.07, 6.45) is 5.91. The summed E-state index contributed by atoms with van der Waals surface area (Å²) in [5.74, 6) is -0.353. The Labute approximate surface area is 150 Å². The van der Waals surface area contributed by atoms with Crippen LogP contribution in [-0.2, 0) is 12.8 Å². The number of carbonyl (C=O) groups excluding carboxylic acids is 1. The van der Waals surface area contributed by atoms with E-state index in [1.54, 1.807) is 17.1 Å². The first-order chi connectivity index (χ1) is 12.6. The lowest BCUT2D eigenvalue weighted by atomic mass is 10.1. The number of H-pyrrole nitrogens is 1. The van der Waals surface area contributed by atoms with E-state index in [4.69, 9.17) is 0 Å². The lowest BCUT2D eigenvalue weighted by Crippen LogP contribution is -2.32. The second kappa shape index (κ2) is 6.59. The van der Waals surface area contributed by atoms with Gasteiger partial charge in [0.15, 0.2) is 0 Å². The number of benzene rings is 1. The van der Waals surface area contributed by atoms with Crippen LogP contribution in [0.4, 0.5) is 0 Å². The van der Waals surface area contributed by atoms with Crippen LogP contribution in [0.15, 0.2) is 47.8 Å². The molecule has 2 aromatic heterocycles. The Morgan fingerprint density at radius 2 is 2.08 bits per heavy atom. The van der Waals surface area contributed by atoms with Crippen LogP contribution in [0, 0.1) is 0 Å². The summed E-state index contributed by atoms with van der Waals surface area (Å²) < 4.78 is 1.66. The molecule has 0 radical (unpaired) electrons. The Morgan fingerprint density at radius 1 is 1.27 bits per heavy atom. The number of hydrogen-bond donors (Lipinski definition) is 2. The largest absolute Gasteiger partial charge is 0.345 e. The average molecular weight is 349 g/mol. The number of aromatic amines is 1. The van der Waals surface area contributed by atoms with Crippen molar-refractivity contribution in [3.8, 4) is 5.69 Å². The number of nitrogens with one attached hydrogen (secondary N) is 2. The number of fused-ring (bicyclic) bond motifs is 1. The summed E-state index contributed by atoms with van der Waals surface area (Å²) in [6.45, 7) is 1.89. The van der Waals surface area contributed by atoms with Gasteiger partial charge in [-0.3, -0.25) is 9.59 Å². The van der Waals surface area contributed by atoms with Crippen LogP contribution in [0.3, 0.4) is 0 Å². The standard InChI is InChI=1S/C19H19N5O2/c1-12(13-5-7-15(8-6-13)24-11-20-10-21-24)22-18(25)16-9-14-3-2-4-17(14)23-19(16)26/h5-12H,2-4H2,1H3,(H,22,25)(H,23,26)/t12-/m0/s1. The maximum absolute atomic E-state index is 12.5. The monoisotopic (exact) mass is 349 g/mol. The molecule has 1 atom stereocenters. The molecule has 0 saturated carbocycles. The summed E-state index contributed by atoms with van der Waals surface area (Å²) in [7, 11) is 0. The topological polar surface area (TPSA) is 92.7 Å². The minimum absolute atomic E-state index is 0.178. The molecule has 0 spiro atoms. The third kappa shape index (κ3) is 3.03. The number of pyridine rings is 1. The summed E-state index contributed by atoms with van der Waals surface area (Å²) in [5.41, 5.74) is 3.72. The van der Waals surface area contributed by atoms with E-state index >= 15 is 0 Å². The molecular weight excluding hydrogens is 330 g/mol. The van der Waals surface area contributed by atoms with Crippen LogP contribution in [0.1, 0.15) is 46.6 Å². The van der Waals surface area contributed by atoms with Gasteiger partial charge in [-0.15, -0.1) is 0 Å². The van der Waals surface area contributed by atoms with E-state index in [0.717, 1.165) is 41.8 Å². The van der Waals surface area contributed by atoms with Crippen molar-refractivity contribution < 1.29 is 4.79 Å². The van der Waals surface area contributed by atoms with Gasteiger partial charge in [0.2, 0.25) is 0 Å². The molecule has 7 heteroatoms. The van der Waals surface area contributed by atoms with Crippen molar-refractivity contribution in [3.05, 3.63) is 75.7 Å². The van der Waals surface area contributed by atoms with Crippen molar-refractivity contribution in [2.24, 2.45) is 0 Å². The second-order valence-corrected chi connectivity index (χ2v) is 6.50. The normalized spacial score (nSPS) is 14.0. The Balaban J connectivity index is 1.50. The average Bonchev–Trinajstić information content (AvgIpc) is 3.32. The van der Waals surface area contributed by atoms with Crippen LogP contribution in [0.2, 0.25) is 0 Å². The highest BCUT2D eigenvalue weighted by atomic mass is 16.2. The van der Waals surface area contributed by atoms with Gasteiger partial charge in [-0.1, -0.05) is 12.1 Å². The van der Waals surface area contributed by atoms with Crippen molar-refractivity contribution in [3.63, 3.8) is 0 Å². The molecule has 0 aliphatic heterocycles. The first-order valence-electron chi connectivity index (χ1n) is 8.63. The molecule has 1 amide bonds. The Kier molecular flexibility index (Phi) is 4.12. The molecule has 2 heterocycles. The molecule has 1 aromatic carbocycles. The quantitative estimate of drug-likeness (QED) is 0.753. The number of amides is 1. The van der Waals surface area contributed by atoms with Crippen molar-refractivity contribution in [1.82, 2.24) is 25.1 Å². The van der Waals surface area contributed by atoms with Crippen molar-refractivity contribution in [2.45, 2.75) is 32.2 Å². The van der Waals surface area contributed by atoms with Crippen molar-refractivity contribution >= 4 is 5.91 Å². The Bertz CT molecular complexity index is 990. The number of hydrogen-bond acceptors (Lipinski definition) is 4. The fraction of sp³-hybridized carbons (Fsp3) is 0.263. The van der Waals surface area contributed by atoms with E-state index in [0.29, 0.717) is 0 Å². The van der Waals surface area contributed by atoms with Crippen LogP contribution in [-0.4, -0.2) is 25.7 Å². The molecule has 0 fully saturated rings. The van der Waals surface area contributed by atoms with Gasteiger partial charge >= 0.3 is 0 Å². The highest BCUT2D eigenvalue weighted by Gasteiger charge is 2.19. The fourth-order valence-corrected chi connectivity index (χ4v) is 3.30. The van der Waals surface area contributed by atoms with Gasteiger partial charge in [-0.05, 0) is 55.5 Å². The summed E-state index contributed by atoms with van der Waals surface area (Å²) >= 11 is 0. The molecule has 0 bridgehead atoms. The van der Waals surface area contributed by atoms with Crippen molar-refractivity contribution in [1.29, 1.82) is 0 Å². The van der Waals surface area contributed by atoms with E-state index in [9.17, 15) is 9.59 Å². The zero-order valence-corrected chi connectivity index (χ0v) is 14.4. The smallest absolute Gasteiger partial charge is 0.261 e. The lowest BCUT2D eigenvalue weighted by Gasteiger charge is -2.15. The second-order valence-electron chi connectivity index (χ2n) is 6.50. The van der Waals surface area contributed by atoms with E-state index in [1.165, 1.54) is 6.33 Å². The van der Waals surface area contributed by atoms with Gasteiger partial charge in [-0.25, -0.2) is 9.67 Å². The highest BCUT2D eigenvalue weighted by Crippen LogP contribution is 2.20. The molecule has 1 aliphatic carbocycles. The van der Waals surface area contributed by atoms with Crippen molar-refractivity contribution in [2.75, 3.05) is 0 Å². The van der Waals surface area contributed by atoms with Gasteiger partial charge in [0.25, 0.3) is 11.5 Å². The molecule has 26 heavy (non-hydrogen) atoms. The third-order valence-corrected chi connectivity index (χ3v) is 4.76. The Hall–Kier alpha value is -3.22. The SMILES string of the molecule is C[C@H](NC(=O)c1cc2c([nH]c1=O)CCC2)c1ccc(-n2cncn2)cc1. The predicted molar refractivity (Wildman–Crippen MR) is 96.3 cm³/mol. The van der Waals surface area contributed by atoms with E-state index < -0.39 is 0 Å². The predicted octanol–water partition coefficient (Wildman–Crippen LogP) is 1.94.